The number of benzene rings is 1. The molecule has 0 unspecified atom stereocenters. The van der Waals surface area contributed by atoms with E-state index in [1.807, 2.05) is 52.2 Å². The number of hydrogen-bond donors (Lipinski definition) is 1. The van der Waals surface area contributed by atoms with Crippen LogP contribution in [0.1, 0.15) is 32.9 Å². The zero-order chi connectivity index (χ0) is 18.7. The van der Waals surface area contributed by atoms with Crippen molar-refractivity contribution in [2.75, 3.05) is 0 Å². The summed E-state index contributed by atoms with van der Waals surface area (Å²) in [6, 6.07) is 7.73. The average molecular weight is 353 g/mol. The van der Waals surface area contributed by atoms with Gasteiger partial charge in [-0.1, -0.05) is 12.1 Å². The average Bonchev–Trinajstić information content (AvgIpc) is 3.20. The zero-order valence-electron chi connectivity index (χ0n) is 15.5. The number of ether oxygens (including phenoxy) is 1. The number of aryl methyl sites for hydroxylation is 4. The first kappa shape index (κ1) is 17.7. The Kier molecular flexibility index (Phi) is 5.06. The van der Waals surface area contributed by atoms with Gasteiger partial charge in [0.2, 0.25) is 0 Å². The summed E-state index contributed by atoms with van der Waals surface area (Å²) in [5, 5.41) is 11.4. The largest absolute Gasteiger partial charge is 0.471 e. The summed E-state index contributed by atoms with van der Waals surface area (Å²) in [6.45, 7) is 6.61. The van der Waals surface area contributed by atoms with Gasteiger partial charge in [0.15, 0.2) is 6.73 Å². The molecule has 136 valence electrons. The number of nitrogens with one attached hydrogen (secondary N) is 1. The normalized spacial score (nSPS) is 10.8. The third-order valence-corrected chi connectivity index (χ3v) is 4.12. The molecule has 2 heterocycles. The molecule has 0 atom stereocenters. The lowest BCUT2D eigenvalue weighted by molar-refractivity contribution is 0.0944. The molecular weight excluding hydrogens is 330 g/mol. The Balaban J connectivity index is 1.57. The molecule has 0 spiro atoms. The van der Waals surface area contributed by atoms with Gasteiger partial charge >= 0.3 is 0 Å². The van der Waals surface area contributed by atoms with Crippen LogP contribution in [0.3, 0.4) is 0 Å². The van der Waals surface area contributed by atoms with Gasteiger partial charge in [-0.3, -0.25) is 9.48 Å². The third kappa shape index (κ3) is 4.11. The fourth-order valence-electron chi connectivity index (χ4n) is 2.64. The van der Waals surface area contributed by atoms with Crippen LogP contribution in [0.25, 0.3) is 0 Å². The highest BCUT2D eigenvalue weighted by Gasteiger charge is 2.11. The Morgan fingerprint density at radius 2 is 2.00 bits per heavy atom. The predicted octanol–water partition coefficient (Wildman–Crippen LogP) is 2.51. The number of amides is 1. The number of carbonyl (C=O) groups excluding carboxylic acids is 1. The van der Waals surface area contributed by atoms with Crippen LogP contribution in [-0.4, -0.2) is 25.5 Å². The molecule has 0 saturated heterocycles. The fraction of sp³-hybridized carbons (Fsp3) is 0.316. The highest BCUT2D eigenvalue weighted by molar-refractivity contribution is 5.92. The molecule has 7 nitrogen and oxygen atoms in total. The summed E-state index contributed by atoms with van der Waals surface area (Å²) in [4.78, 5) is 12.3. The number of hydrogen-bond acceptors (Lipinski definition) is 4. The quantitative estimate of drug-likeness (QED) is 0.739. The zero-order valence-corrected chi connectivity index (χ0v) is 15.5. The van der Waals surface area contributed by atoms with E-state index in [1.165, 1.54) is 0 Å². The standard InChI is InChI=1S/C19H23N5O2/c1-13-5-6-14(2)18(9-13)26-12-24-8-7-17(22-24)19(25)20-10-16-11-23(4)21-15(16)3/h5-9,11H,10,12H2,1-4H3,(H,20,25). The first-order valence-electron chi connectivity index (χ1n) is 8.43. The molecule has 1 amide bonds. The molecule has 3 aromatic rings. The molecule has 0 saturated carbocycles. The second kappa shape index (κ2) is 7.43. The van der Waals surface area contributed by atoms with E-state index in [1.54, 1.807) is 21.6 Å². The molecular formula is C19H23N5O2. The molecule has 2 aromatic heterocycles. The van der Waals surface area contributed by atoms with E-state index in [4.69, 9.17) is 4.74 Å². The minimum absolute atomic E-state index is 0.223. The van der Waals surface area contributed by atoms with E-state index < -0.39 is 0 Å². The van der Waals surface area contributed by atoms with E-state index >= 15 is 0 Å². The smallest absolute Gasteiger partial charge is 0.272 e. The Morgan fingerprint density at radius 1 is 1.19 bits per heavy atom. The number of nitrogens with zero attached hydrogens (tertiary/aromatic N) is 4. The van der Waals surface area contributed by atoms with E-state index in [9.17, 15) is 4.79 Å². The van der Waals surface area contributed by atoms with Gasteiger partial charge < -0.3 is 10.1 Å². The highest BCUT2D eigenvalue weighted by atomic mass is 16.5. The molecule has 0 aliphatic heterocycles. The summed E-state index contributed by atoms with van der Waals surface area (Å²) in [7, 11) is 1.86. The van der Waals surface area contributed by atoms with Crippen LogP contribution in [0.5, 0.6) is 5.75 Å². The van der Waals surface area contributed by atoms with E-state index in [-0.39, 0.29) is 12.6 Å². The van der Waals surface area contributed by atoms with Crippen molar-refractivity contribution in [3.05, 3.63) is 64.7 Å². The van der Waals surface area contributed by atoms with Crippen molar-refractivity contribution < 1.29 is 9.53 Å². The molecule has 0 bridgehead atoms. The highest BCUT2D eigenvalue weighted by Crippen LogP contribution is 2.19. The Hall–Kier alpha value is -3.09. The van der Waals surface area contributed by atoms with Crippen molar-refractivity contribution in [2.45, 2.75) is 34.0 Å². The van der Waals surface area contributed by atoms with Gasteiger partial charge in [0.05, 0.1) is 5.69 Å². The first-order chi connectivity index (χ1) is 12.4. The molecule has 0 aliphatic carbocycles. The molecule has 0 radical (unpaired) electrons. The summed E-state index contributed by atoms with van der Waals surface area (Å²) in [5.74, 6) is 0.595. The lowest BCUT2D eigenvalue weighted by atomic mass is 10.1. The van der Waals surface area contributed by atoms with Gasteiger partial charge in [-0.05, 0) is 44.0 Å². The molecule has 0 aliphatic rings. The van der Waals surface area contributed by atoms with Gasteiger partial charge in [0, 0.05) is 31.5 Å². The van der Waals surface area contributed by atoms with Crippen LogP contribution in [0.2, 0.25) is 0 Å². The Bertz CT molecular complexity index is 926. The van der Waals surface area contributed by atoms with Gasteiger partial charge in [-0.15, -0.1) is 0 Å². The summed E-state index contributed by atoms with van der Waals surface area (Å²) < 4.78 is 9.14. The SMILES string of the molecule is Cc1ccc(C)c(OCn2ccc(C(=O)NCc3cn(C)nc3C)n2)c1. The van der Waals surface area contributed by atoms with Gasteiger partial charge in [-0.2, -0.15) is 10.2 Å². The maximum atomic E-state index is 12.3. The number of rotatable bonds is 6. The molecule has 26 heavy (non-hydrogen) atoms. The summed E-state index contributed by atoms with van der Waals surface area (Å²) in [5.41, 5.74) is 4.44. The van der Waals surface area contributed by atoms with Gasteiger partial charge in [0.25, 0.3) is 5.91 Å². The summed E-state index contributed by atoms with van der Waals surface area (Å²) in [6.07, 6.45) is 3.63. The third-order valence-electron chi connectivity index (χ3n) is 4.12. The van der Waals surface area contributed by atoms with Crippen molar-refractivity contribution in [3.8, 4) is 5.75 Å². The van der Waals surface area contributed by atoms with E-state index in [2.05, 4.69) is 15.5 Å². The molecule has 1 N–H and O–H groups in total. The minimum atomic E-state index is -0.223. The van der Waals surface area contributed by atoms with Crippen molar-refractivity contribution in [2.24, 2.45) is 7.05 Å². The summed E-state index contributed by atoms with van der Waals surface area (Å²) >= 11 is 0. The fourth-order valence-corrected chi connectivity index (χ4v) is 2.64. The van der Waals surface area contributed by atoms with Crippen molar-refractivity contribution in [3.63, 3.8) is 0 Å². The predicted molar refractivity (Wildman–Crippen MR) is 97.9 cm³/mol. The molecule has 3 rings (SSSR count). The molecule has 7 heteroatoms. The van der Waals surface area contributed by atoms with Crippen LogP contribution in [0, 0.1) is 20.8 Å². The lowest BCUT2D eigenvalue weighted by Crippen LogP contribution is -2.23. The van der Waals surface area contributed by atoms with Crippen molar-refractivity contribution in [1.29, 1.82) is 0 Å². The van der Waals surface area contributed by atoms with E-state index in [0.29, 0.717) is 12.2 Å². The van der Waals surface area contributed by atoms with Gasteiger partial charge in [0.1, 0.15) is 11.4 Å². The number of carbonyl (C=O) groups is 1. The first-order valence-corrected chi connectivity index (χ1v) is 8.43. The van der Waals surface area contributed by atoms with Crippen LogP contribution >= 0.6 is 0 Å². The topological polar surface area (TPSA) is 74.0 Å². The van der Waals surface area contributed by atoms with Crippen LogP contribution in [-0.2, 0) is 20.3 Å². The van der Waals surface area contributed by atoms with Crippen molar-refractivity contribution in [1.82, 2.24) is 24.9 Å². The second-order valence-corrected chi connectivity index (χ2v) is 6.38. The maximum Gasteiger partial charge on any atom is 0.272 e. The lowest BCUT2D eigenvalue weighted by Gasteiger charge is -2.09. The Labute approximate surface area is 152 Å². The minimum Gasteiger partial charge on any atom is -0.471 e. The van der Waals surface area contributed by atoms with Crippen molar-refractivity contribution >= 4 is 5.91 Å². The monoisotopic (exact) mass is 353 g/mol. The maximum absolute atomic E-state index is 12.3. The van der Waals surface area contributed by atoms with Crippen LogP contribution in [0.15, 0.2) is 36.7 Å². The van der Waals surface area contributed by atoms with E-state index in [0.717, 1.165) is 28.1 Å². The molecule has 0 fully saturated rings. The van der Waals surface area contributed by atoms with Gasteiger partial charge in [-0.25, -0.2) is 4.68 Å². The second-order valence-electron chi connectivity index (χ2n) is 6.38. The number of aromatic nitrogens is 4. The Morgan fingerprint density at radius 3 is 2.73 bits per heavy atom. The van der Waals surface area contributed by atoms with Crippen LogP contribution < -0.4 is 10.1 Å². The van der Waals surface area contributed by atoms with Crippen LogP contribution in [0.4, 0.5) is 0 Å². The molecule has 1 aromatic carbocycles.